The van der Waals surface area contributed by atoms with E-state index >= 15 is 0 Å². The highest BCUT2D eigenvalue weighted by Gasteiger charge is 2.05. The molecule has 0 bridgehead atoms. The third-order valence-electron chi connectivity index (χ3n) is 1.68. The Bertz CT molecular complexity index is 179. The molecule has 0 aromatic heterocycles. The van der Waals surface area contributed by atoms with E-state index in [2.05, 4.69) is 13.8 Å². The summed E-state index contributed by atoms with van der Waals surface area (Å²) in [6, 6.07) is 0. The number of hydrogen-bond acceptors (Lipinski definition) is 1. The quantitative estimate of drug-likeness (QED) is 0.444. The van der Waals surface area contributed by atoms with Crippen molar-refractivity contribution >= 4 is 7.48 Å². The van der Waals surface area contributed by atoms with Crippen LogP contribution in [0.1, 0.15) is 20.8 Å². The van der Waals surface area contributed by atoms with Gasteiger partial charge in [-0.3, -0.25) is 0 Å². The Balaban J connectivity index is 2.88. The van der Waals surface area contributed by atoms with Gasteiger partial charge in [0, 0.05) is 0 Å². The standard InChI is InChI=1S/C7H10BO/c1-5-4-8-9-7(3)6(5)2/h4H,1-3H3. The first-order valence-corrected chi connectivity index (χ1v) is 3.06. The predicted molar refractivity (Wildman–Crippen MR) is 39.0 cm³/mol. The molecule has 0 amide bonds. The molecule has 0 aromatic carbocycles. The van der Waals surface area contributed by atoms with Crippen molar-refractivity contribution in [3.05, 3.63) is 22.9 Å². The summed E-state index contributed by atoms with van der Waals surface area (Å²) in [6.45, 7) is 6.12. The summed E-state index contributed by atoms with van der Waals surface area (Å²) in [4.78, 5) is 0. The van der Waals surface area contributed by atoms with Crippen LogP contribution >= 0.6 is 0 Å². The van der Waals surface area contributed by atoms with Crippen LogP contribution < -0.4 is 0 Å². The average molecular weight is 121 g/mol. The fourth-order valence-electron chi connectivity index (χ4n) is 0.729. The van der Waals surface area contributed by atoms with Crippen LogP contribution in [-0.4, -0.2) is 7.48 Å². The molecule has 0 aliphatic carbocycles. The molecule has 0 saturated carbocycles. The molecule has 9 heavy (non-hydrogen) atoms. The van der Waals surface area contributed by atoms with Crippen molar-refractivity contribution < 1.29 is 4.65 Å². The fraction of sp³-hybridized carbons (Fsp3) is 0.429. The van der Waals surface area contributed by atoms with Crippen LogP contribution in [0.2, 0.25) is 0 Å². The van der Waals surface area contributed by atoms with Crippen LogP contribution in [-0.2, 0) is 4.65 Å². The van der Waals surface area contributed by atoms with Crippen molar-refractivity contribution in [2.75, 3.05) is 0 Å². The third-order valence-corrected chi connectivity index (χ3v) is 1.68. The van der Waals surface area contributed by atoms with Gasteiger partial charge in [-0.1, -0.05) is 11.5 Å². The van der Waals surface area contributed by atoms with E-state index in [-0.39, 0.29) is 0 Å². The monoisotopic (exact) mass is 121 g/mol. The van der Waals surface area contributed by atoms with Gasteiger partial charge < -0.3 is 4.65 Å². The van der Waals surface area contributed by atoms with Crippen LogP contribution in [0.4, 0.5) is 0 Å². The summed E-state index contributed by atoms with van der Waals surface area (Å²) < 4.78 is 5.14. The molecule has 0 saturated heterocycles. The second kappa shape index (κ2) is 2.30. The Hall–Kier alpha value is -0.655. The van der Waals surface area contributed by atoms with Gasteiger partial charge in [0.15, 0.2) is 0 Å². The summed E-state index contributed by atoms with van der Waals surface area (Å²) in [7, 11) is 1.72. The van der Waals surface area contributed by atoms with Crippen molar-refractivity contribution in [2.45, 2.75) is 20.8 Å². The molecule has 0 spiro atoms. The number of allylic oxidation sites excluding steroid dienone is 3. The molecule has 1 heterocycles. The molecule has 1 radical (unpaired) electrons. The summed E-state index contributed by atoms with van der Waals surface area (Å²) in [6.07, 6.45) is 0. The summed E-state index contributed by atoms with van der Waals surface area (Å²) in [5.74, 6) is 2.98. The smallest absolute Gasteiger partial charge is 0.400 e. The topological polar surface area (TPSA) is 9.23 Å². The number of hydrogen-bond donors (Lipinski definition) is 0. The van der Waals surface area contributed by atoms with Gasteiger partial charge in [-0.25, -0.2) is 0 Å². The van der Waals surface area contributed by atoms with Gasteiger partial charge in [-0.05, 0) is 26.3 Å². The zero-order valence-electron chi connectivity index (χ0n) is 6.06. The Labute approximate surface area is 56.7 Å². The molecule has 2 heteroatoms. The summed E-state index contributed by atoms with van der Waals surface area (Å²) in [5.41, 5.74) is 2.54. The zero-order chi connectivity index (χ0) is 6.85. The largest absolute Gasteiger partial charge is 0.561 e. The highest BCUT2D eigenvalue weighted by molar-refractivity contribution is 6.35. The van der Waals surface area contributed by atoms with Crippen molar-refractivity contribution in [1.29, 1.82) is 0 Å². The van der Waals surface area contributed by atoms with Crippen molar-refractivity contribution in [2.24, 2.45) is 0 Å². The van der Waals surface area contributed by atoms with Crippen molar-refractivity contribution in [3.63, 3.8) is 0 Å². The van der Waals surface area contributed by atoms with Gasteiger partial charge in [0.25, 0.3) is 0 Å². The Morgan fingerprint density at radius 1 is 1.33 bits per heavy atom. The molecular formula is C7H10BO. The molecule has 0 N–H and O–H groups in total. The van der Waals surface area contributed by atoms with Crippen LogP contribution in [0.5, 0.6) is 0 Å². The van der Waals surface area contributed by atoms with Crippen LogP contribution in [0, 0.1) is 0 Å². The van der Waals surface area contributed by atoms with Gasteiger partial charge in [0.2, 0.25) is 0 Å². The lowest BCUT2D eigenvalue weighted by molar-refractivity contribution is 0.451. The lowest BCUT2D eigenvalue weighted by atomic mass is 9.90. The molecule has 1 nitrogen and oxygen atoms in total. The lowest BCUT2D eigenvalue weighted by Gasteiger charge is -2.13. The molecule has 0 aromatic rings. The lowest BCUT2D eigenvalue weighted by Crippen LogP contribution is -2.03. The van der Waals surface area contributed by atoms with E-state index in [9.17, 15) is 0 Å². The summed E-state index contributed by atoms with van der Waals surface area (Å²) >= 11 is 0. The number of rotatable bonds is 0. The molecule has 47 valence electrons. The first-order valence-electron chi connectivity index (χ1n) is 3.06. The van der Waals surface area contributed by atoms with Crippen molar-refractivity contribution in [3.8, 4) is 0 Å². The Kier molecular flexibility index (Phi) is 1.65. The van der Waals surface area contributed by atoms with Gasteiger partial charge in [0.05, 0.1) is 5.76 Å². The maximum absolute atomic E-state index is 5.14. The zero-order valence-corrected chi connectivity index (χ0v) is 6.06. The van der Waals surface area contributed by atoms with Crippen LogP contribution in [0.3, 0.4) is 0 Å². The van der Waals surface area contributed by atoms with E-state index < -0.39 is 0 Å². The summed E-state index contributed by atoms with van der Waals surface area (Å²) in [5, 5.41) is 0. The van der Waals surface area contributed by atoms with Crippen LogP contribution in [0.15, 0.2) is 22.9 Å². The molecule has 1 aliphatic rings. The highest BCUT2D eigenvalue weighted by atomic mass is 16.4. The minimum Gasteiger partial charge on any atom is -0.561 e. The third kappa shape index (κ3) is 1.18. The molecule has 0 unspecified atom stereocenters. The van der Waals surface area contributed by atoms with E-state index in [4.69, 9.17) is 4.65 Å². The second-order valence-electron chi connectivity index (χ2n) is 2.28. The fourth-order valence-corrected chi connectivity index (χ4v) is 0.729. The maximum Gasteiger partial charge on any atom is 0.400 e. The highest BCUT2D eigenvalue weighted by Crippen LogP contribution is 2.17. The van der Waals surface area contributed by atoms with E-state index in [1.54, 1.807) is 7.48 Å². The normalized spacial score (nSPS) is 18.3. The van der Waals surface area contributed by atoms with Crippen LogP contribution in [0.25, 0.3) is 0 Å². The molecule has 1 rings (SSSR count). The van der Waals surface area contributed by atoms with Gasteiger partial charge in [-0.2, -0.15) is 0 Å². The maximum atomic E-state index is 5.14. The van der Waals surface area contributed by atoms with E-state index in [1.807, 2.05) is 12.9 Å². The molecule has 1 aliphatic heterocycles. The average Bonchev–Trinajstić information content (AvgIpc) is 1.83. The van der Waals surface area contributed by atoms with E-state index in [0.717, 1.165) is 5.76 Å². The molecule has 0 fully saturated rings. The van der Waals surface area contributed by atoms with Gasteiger partial charge >= 0.3 is 7.48 Å². The Morgan fingerprint density at radius 3 is 2.44 bits per heavy atom. The van der Waals surface area contributed by atoms with E-state index in [0.29, 0.717) is 0 Å². The first kappa shape index (κ1) is 6.46. The SMILES string of the molecule is CC1=C[B]OC(C)=C1C. The minimum absolute atomic E-state index is 1.01. The van der Waals surface area contributed by atoms with Gasteiger partial charge in [0.1, 0.15) is 0 Å². The van der Waals surface area contributed by atoms with Gasteiger partial charge in [-0.15, -0.1) is 0 Å². The second-order valence-corrected chi connectivity index (χ2v) is 2.28. The van der Waals surface area contributed by atoms with E-state index in [1.165, 1.54) is 11.1 Å². The molecular weight excluding hydrogens is 111 g/mol. The predicted octanol–water partition coefficient (Wildman–Crippen LogP) is 1.83. The Morgan fingerprint density at radius 2 is 2.00 bits per heavy atom. The first-order chi connectivity index (χ1) is 4.22. The minimum atomic E-state index is 1.01. The molecule has 0 atom stereocenters. The van der Waals surface area contributed by atoms with Crippen molar-refractivity contribution in [1.82, 2.24) is 0 Å².